The van der Waals surface area contributed by atoms with Crippen molar-refractivity contribution >= 4 is 23.6 Å². The molecule has 5 atom stereocenters. The van der Waals surface area contributed by atoms with E-state index in [0.29, 0.717) is 5.56 Å². The number of Topliss-reactive ketones (excluding diaryl/α,β-unsaturated/α-hetero) is 1. The molecule has 1 aliphatic heterocycles. The Morgan fingerprint density at radius 2 is 1.55 bits per heavy atom. The lowest BCUT2D eigenvalue weighted by Crippen LogP contribution is -2.48. The number of hydrogen-bond donors (Lipinski definition) is 0. The first-order valence-corrected chi connectivity index (χ1v) is 11.3. The summed E-state index contributed by atoms with van der Waals surface area (Å²) in [6.45, 7) is 1.48. The van der Waals surface area contributed by atoms with E-state index in [1.165, 1.54) is 0 Å². The van der Waals surface area contributed by atoms with Gasteiger partial charge in [0.05, 0.1) is 11.8 Å². The Morgan fingerprint density at radius 3 is 2.15 bits per heavy atom. The first-order chi connectivity index (χ1) is 15.9. The number of carbonyl (C=O) groups is 4. The van der Waals surface area contributed by atoms with Crippen molar-refractivity contribution in [3.05, 3.63) is 83.4 Å². The topological polar surface area (TPSA) is 80.8 Å². The second-order valence-corrected chi connectivity index (χ2v) is 9.15. The molecule has 6 nitrogen and oxygen atoms in total. The van der Waals surface area contributed by atoms with E-state index in [1.54, 1.807) is 12.1 Å². The summed E-state index contributed by atoms with van der Waals surface area (Å²) >= 11 is 0. The standard InChI is InChI=1S/C27H25NO5/c1-16-7-9-18(10-8-16)22(29)15-33-27(32)21(13-17-5-3-2-4-6-17)28-25(30)23-19-11-12-20(14-19)24(23)26(28)31/h2-12,19-21,23-24H,13-15H2,1H3/t19-,20-,21+,23-,24+/m0/s1. The average Bonchev–Trinajstić information content (AvgIpc) is 3.51. The smallest absolute Gasteiger partial charge is 0.330 e. The molecule has 5 rings (SSSR count). The highest BCUT2D eigenvalue weighted by molar-refractivity contribution is 6.09. The Balaban J connectivity index is 1.36. The molecule has 0 unspecified atom stereocenters. The number of allylic oxidation sites excluding steroid dienone is 2. The van der Waals surface area contributed by atoms with Crippen molar-refractivity contribution in [3.8, 4) is 0 Å². The molecule has 2 fully saturated rings. The van der Waals surface area contributed by atoms with Gasteiger partial charge in [0.25, 0.3) is 0 Å². The monoisotopic (exact) mass is 443 g/mol. The number of carbonyl (C=O) groups excluding carboxylic acids is 4. The van der Waals surface area contributed by atoms with Crippen LogP contribution in [0, 0.1) is 30.6 Å². The first kappa shape index (κ1) is 21.3. The van der Waals surface area contributed by atoms with Gasteiger partial charge in [0, 0.05) is 12.0 Å². The van der Waals surface area contributed by atoms with Crippen molar-refractivity contribution in [2.24, 2.45) is 23.7 Å². The third kappa shape index (κ3) is 3.80. The number of amides is 2. The fraction of sp³-hybridized carbons (Fsp3) is 0.333. The van der Waals surface area contributed by atoms with Gasteiger partial charge in [-0.05, 0) is 30.7 Å². The predicted octanol–water partition coefficient (Wildman–Crippen LogP) is 3.14. The van der Waals surface area contributed by atoms with Crippen LogP contribution in [0.4, 0.5) is 0 Å². The molecule has 2 aliphatic carbocycles. The number of ether oxygens (including phenoxy) is 1. The van der Waals surface area contributed by atoms with Gasteiger partial charge in [-0.3, -0.25) is 19.3 Å². The molecular weight excluding hydrogens is 418 g/mol. The van der Waals surface area contributed by atoms with Crippen LogP contribution in [-0.2, 0) is 25.5 Å². The van der Waals surface area contributed by atoms with Gasteiger partial charge >= 0.3 is 5.97 Å². The molecule has 33 heavy (non-hydrogen) atoms. The summed E-state index contributed by atoms with van der Waals surface area (Å²) in [6, 6.07) is 15.1. The quantitative estimate of drug-likeness (QED) is 0.284. The third-order valence-corrected chi connectivity index (χ3v) is 7.08. The van der Waals surface area contributed by atoms with E-state index in [2.05, 4.69) is 0 Å². The highest BCUT2D eigenvalue weighted by Gasteiger charge is 2.61. The van der Waals surface area contributed by atoms with Crippen molar-refractivity contribution in [3.63, 3.8) is 0 Å². The maximum atomic E-state index is 13.3. The number of esters is 1. The van der Waals surface area contributed by atoms with Gasteiger partial charge in [0.1, 0.15) is 6.04 Å². The predicted molar refractivity (Wildman–Crippen MR) is 120 cm³/mol. The summed E-state index contributed by atoms with van der Waals surface area (Å²) in [5, 5.41) is 0. The zero-order valence-electron chi connectivity index (χ0n) is 18.3. The van der Waals surface area contributed by atoms with Crippen LogP contribution in [0.25, 0.3) is 0 Å². The Morgan fingerprint density at radius 1 is 0.939 bits per heavy atom. The van der Waals surface area contributed by atoms with E-state index in [4.69, 9.17) is 4.74 Å². The second-order valence-electron chi connectivity index (χ2n) is 9.15. The Kier molecular flexibility index (Phi) is 5.44. The molecule has 0 aromatic heterocycles. The van der Waals surface area contributed by atoms with Crippen LogP contribution in [0.15, 0.2) is 66.7 Å². The van der Waals surface area contributed by atoms with Crippen LogP contribution < -0.4 is 0 Å². The number of imide groups is 1. The SMILES string of the molecule is Cc1ccc(C(=O)COC(=O)[C@@H](Cc2ccccc2)N2C(=O)[C@@H]3[C@H](C2=O)[C@H]2C=C[C@H]3C2)cc1. The molecule has 2 amide bonds. The number of ketones is 1. The van der Waals surface area contributed by atoms with E-state index >= 15 is 0 Å². The lowest BCUT2D eigenvalue weighted by molar-refractivity contribution is -0.158. The molecule has 6 heteroatoms. The Hall–Kier alpha value is -3.54. The van der Waals surface area contributed by atoms with Gasteiger partial charge in [0.15, 0.2) is 12.4 Å². The van der Waals surface area contributed by atoms with Gasteiger partial charge < -0.3 is 4.74 Å². The van der Waals surface area contributed by atoms with E-state index < -0.39 is 30.5 Å². The molecule has 1 saturated heterocycles. The van der Waals surface area contributed by atoms with Crippen LogP contribution in [0.2, 0.25) is 0 Å². The average molecular weight is 443 g/mol. The van der Waals surface area contributed by atoms with Crippen molar-refractivity contribution in [1.82, 2.24) is 4.90 Å². The lowest BCUT2D eigenvalue weighted by Gasteiger charge is -2.26. The molecular formula is C27H25NO5. The molecule has 1 saturated carbocycles. The summed E-state index contributed by atoms with van der Waals surface area (Å²) in [7, 11) is 0. The highest BCUT2D eigenvalue weighted by atomic mass is 16.5. The lowest BCUT2D eigenvalue weighted by atomic mass is 9.85. The second kappa shape index (κ2) is 8.43. The van der Waals surface area contributed by atoms with E-state index in [0.717, 1.165) is 22.4 Å². The highest BCUT2D eigenvalue weighted by Crippen LogP contribution is 2.53. The summed E-state index contributed by atoms with van der Waals surface area (Å²) in [5.41, 5.74) is 2.27. The van der Waals surface area contributed by atoms with Crippen molar-refractivity contribution < 1.29 is 23.9 Å². The normalized spacial score (nSPS) is 25.9. The molecule has 2 bridgehead atoms. The van der Waals surface area contributed by atoms with Crippen LogP contribution in [0.3, 0.4) is 0 Å². The van der Waals surface area contributed by atoms with E-state index in [-0.39, 0.29) is 35.9 Å². The zero-order chi connectivity index (χ0) is 23.1. The minimum Gasteiger partial charge on any atom is -0.456 e. The summed E-state index contributed by atoms with van der Waals surface area (Å²) in [4.78, 5) is 53.4. The first-order valence-electron chi connectivity index (χ1n) is 11.3. The molecule has 1 heterocycles. The third-order valence-electron chi connectivity index (χ3n) is 7.08. The van der Waals surface area contributed by atoms with Crippen LogP contribution in [0.5, 0.6) is 0 Å². The molecule has 0 N–H and O–H groups in total. The molecule has 3 aliphatic rings. The van der Waals surface area contributed by atoms with E-state index in [9.17, 15) is 19.2 Å². The summed E-state index contributed by atoms with van der Waals surface area (Å²) in [6.07, 6.45) is 5.01. The van der Waals surface area contributed by atoms with Gasteiger partial charge in [-0.15, -0.1) is 0 Å². The van der Waals surface area contributed by atoms with Gasteiger partial charge in [0.2, 0.25) is 11.8 Å². The van der Waals surface area contributed by atoms with Crippen LogP contribution in [-0.4, -0.2) is 41.1 Å². The maximum Gasteiger partial charge on any atom is 0.330 e. The zero-order valence-corrected chi connectivity index (χ0v) is 18.3. The minimum atomic E-state index is -1.09. The number of fused-ring (bicyclic) bond motifs is 5. The molecule has 0 radical (unpaired) electrons. The van der Waals surface area contributed by atoms with Gasteiger partial charge in [-0.1, -0.05) is 72.3 Å². The number of rotatable bonds is 7. The molecule has 2 aromatic carbocycles. The molecule has 168 valence electrons. The van der Waals surface area contributed by atoms with Crippen molar-refractivity contribution in [1.29, 1.82) is 0 Å². The fourth-order valence-corrected chi connectivity index (χ4v) is 5.41. The van der Waals surface area contributed by atoms with Crippen molar-refractivity contribution in [2.45, 2.75) is 25.8 Å². The maximum absolute atomic E-state index is 13.3. The minimum absolute atomic E-state index is 0.0537. The summed E-state index contributed by atoms with van der Waals surface area (Å²) < 4.78 is 5.37. The van der Waals surface area contributed by atoms with Gasteiger partial charge in [-0.2, -0.15) is 0 Å². The Bertz CT molecular complexity index is 1110. The number of likely N-dealkylation sites (tertiary alicyclic amines) is 1. The van der Waals surface area contributed by atoms with Crippen LogP contribution >= 0.6 is 0 Å². The number of hydrogen-bond acceptors (Lipinski definition) is 5. The Labute approximate surface area is 192 Å². The summed E-state index contributed by atoms with van der Waals surface area (Å²) in [5.74, 6) is -2.35. The number of aryl methyl sites for hydroxylation is 1. The van der Waals surface area contributed by atoms with Crippen molar-refractivity contribution in [2.75, 3.05) is 6.61 Å². The number of nitrogens with zero attached hydrogens (tertiary/aromatic N) is 1. The largest absolute Gasteiger partial charge is 0.456 e. The molecule has 0 spiro atoms. The number of benzene rings is 2. The van der Waals surface area contributed by atoms with Gasteiger partial charge in [-0.25, -0.2) is 4.79 Å². The fourth-order valence-electron chi connectivity index (χ4n) is 5.41. The van der Waals surface area contributed by atoms with E-state index in [1.807, 2.05) is 61.5 Å². The molecule has 2 aromatic rings. The van der Waals surface area contributed by atoms with Crippen LogP contribution in [0.1, 0.15) is 27.9 Å².